The second kappa shape index (κ2) is 7.16. The summed E-state index contributed by atoms with van der Waals surface area (Å²) in [5.74, 6) is -0.171. The van der Waals surface area contributed by atoms with Crippen LogP contribution < -0.4 is 10.6 Å². The molecule has 0 unspecified atom stereocenters. The summed E-state index contributed by atoms with van der Waals surface area (Å²) in [7, 11) is 0. The van der Waals surface area contributed by atoms with Crippen LogP contribution in [0.3, 0.4) is 0 Å². The molecule has 2 N–H and O–H groups in total. The molecule has 2 amide bonds. The number of halogens is 1. The van der Waals surface area contributed by atoms with Crippen LogP contribution in [-0.2, 0) is 9.59 Å². The monoisotopic (exact) mass is 312 g/mol. The predicted molar refractivity (Wildman–Crippen MR) is 77.0 cm³/mol. The SMILES string of the molecule is CC(C)C(=O)Nc1cccc(NC(=O)CCBr)c1. The Morgan fingerprint density at radius 1 is 1.22 bits per heavy atom. The van der Waals surface area contributed by atoms with Crippen LogP contribution in [0.4, 0.5) is 11.4 Å². The molecule has 0 aliphatic carbocycles. The number of carbonyl (C=O) groups is 2. The smallest absolute Gasteiger partial charge is 0.226 e. The Bertz CT molecular complexity index is 433. The van der Waals surface area contributed by atoms with Crippen LogP contribution in [-0.4, -0.2) is 17.1 Å². The maximum Gasteiger partial charge on any atom is 0.226 e. The fourth-order valence-electron chi connectivity index (χ4n) is 1.27. The van der Waals surface area contributed by atoms with Gasteiger partial charge in [0.15, 0.2) is 0 Å². The van der Waals surface area contributed by atoms with E-state index in [0.29, 0.717) is 23.1 Å². The summed E-state index contributed by atoms with van der Waals surface area (Å²) in [5, 5.41) is 6.18. The van der Waals surface area contributed by atoms with Crippen molar-refractivity contribution in [2.45, 2.75) is 20.3 Å². The second-order valence-electron chi connectivity index (χ2n) is 4.21. The van der Waals surface area contributed by atoms with Crippen LogP contribution in [0, 0.1) is 5.92 Å². The molecule has 0 bridgehead atoms. The molecule has 4 nitrogen and oxygen atoms in total. The first-order chi connectivity index (χ1) is 8.52. The van der Waals surface area contributed by atoms with Crippen LogP contribution >= 0.6 is 15.9 Å². The lowest BCUT2D eigenvalue weighted by molar-refractivity contribution is -0.119. The van der Waals surface area contributed by atoms with Crippen molar-refractivity contribution in [1.82, 2.24) is 0 Å². The van der Waals surface area contributed by atoms with E-state index in [9.17, 15) is 9.59 Å². The van der Waals surface area contributed by atoms with E-state index >= 15 is 0 Å². The second-order valence-corrected chi connectivity index (χ2v) is 5.00. The Kier molecular flexibility index (Phi) is 5.85. The van der Waals surface area contributed by atoms with Gasteiger partial charge in [-0.15, -0.1) is 0 Å². The summed E-state index contributed by atoms with van der Waals surface area (Å²) in [6, 6.07) is 7.11. The molecular weight excluding hydrogens is 296 g/mol. The van der Waals surface area contributed by atoms with E-state index in [-0.39, 0.29) is 17.7 Å². The highest BCUT2D eigenvalue weighted by Gasteiger charge is 2.07. The average Bonchev–Trinajstić information content (AvgIpc) is 2.29. The van der Waals surface area contributed by atoms with E-state index in [1.54, 1.807) is 24.3 Å². The molecule has 0 fully saturated rings. The largest absolute Gasteiger partial charge is 0.326 e. The minimum atomic E-state index is -0.0726. The first-order valence-corrected chi connectivity index (χ1v) is 6.92. The Morgan fingerprint density at radius 2 is 1.83 bits per heavy atom. The third kappa shape index (κ3) is 4.87. The maximum absolute atomic E-state index is 11.5. The number of amides is 2. The maximum atomic E-state index is 11.5. The Labute approximate surface area is 115 Å². The molecule has 0 aliphatic rings. The van der Waals surface area contributed by atoms with Crippen molar-refractivity contribution in [3.05, 3.63) is 24.3 Å². The molecule has 0 aliphatic heterocycles. The topological polar surface area (TPSA) is 58.2 Å². The molecule has 0 saturated heterocycles. The number of rotatable bonds is 5. The summed E-state index contributed by atoms with van der Waals surface area (Å²) in [5.41, 5.74) is 1.37. The van der Waals surface area contributed by atoms with Gasteiger partial charge in [0, 0.05) is 29.0 Å². The van der Waals surface area contributed by atoms with Crippen LogP contribution in [0.15, 0.2) is 24.3 Å². The van der Waals surface area contributed by atoms with Crippen molar-refractivity contribution in [3.63, 3.8) is 0 Å². The first kappa shape index (κ1) is 14.7. The van der Waals surface area contributed by atoms with Gasteiger partial charge >= 0.3 is 0 Å². The summed E-state index contributed by atoms with van der Waals surface area (Å²) in [4.78, 5) is 23.0. The van der Waals surface area contributed by atoms with Gasteiger partial charge < -0.3 is 10.6 Å². The first-order valence-electron chi connectivity index (χ1n) is 5.79. The van der Waals surface area contributed by atoms with Crippen molar-refractivity contribution >= 4 is 39.1 Å². The van der Waals surface area contributed by atoms with Crippen molar-refractivity contribution in [3.8, 4) is 0 Å². The van der Waals surface area contributed by atoms with Gasteiger partial charge in [-0.05, 0) is 18.2 Å². The van der Waals surface area contributed by atoms with Crippen LogP contribution in [0.1, 0.15) is 20.3 Å². The third-order valence-corrected chi connectivity index (χ3v) is 2.66. The lowest BCUT2D eigenvalue weighted by Crippen LogP contribution is -2.18. The molecule has 0 atom stereocenters. The van der Waals surface area contributed by atoms with Crippen molar-refractivity contribution in [2.75, 3.05) is 16.0 Å². The fourth-order valence-corrected chi connectivity index (χ4v) is 1.63. The van der Waals surface area contributed by atoms with Crippen molar-refractivity contribution in [1.29, 1.82) is 0 Å². The standard InChI is InChI=1S/C13H17BrN2O2/c1-9(2)13(18)16-11-5-3-4-10(8-11)15-12(17)6-7-14/h3-5,8-9H,6-7H2,1-2H3,(H,15,17)(H,16,18). The molecule has 0 aromatic heterocycles. The Morgan fingerprint density at radius 3 is 2.39 bits per heavy atom. The van der Waals surface area contributed by atoms with Crippen LogP contribution in [0.25, 0.3) is 0 Å². The number of anilines is 2. The van der Waals surface area contributed by atoms with Gasteiger partial charge in [0.05, 0.1) is 0 Å². The van der Waals surface area contributed by atoms with E-state index in [2.05, 4.69) is 26.6 Å². The van der Waals surface area contributed by atoms with Crippen molar-refractivity contribution < 1.29 is 9.59 Å². The lowest BCUT2D eigenvalue weighted by atomic mass is 10.2. The number of hydrogen-bond acceptors (Lipinski definition) is 2. The Hall–Kier alpha value is -1.36. The molecule has 0 saturated carbocycles. The van der Waals surface area contributed by atoms with E-state index in [4.69, 9.17) is 0 Å². The van der Waals surface area contributed by atoms with Crippen LogP contribution in [0.5, 0.6) is 0 Å². The van der Waals surface area contributed by atoms with Gasteiger partial charge in [0.1, 0.15) is 0 Å². The molecular formula is C13H17BrN2O2. The number of carbonyl (C=O) groups excluding carboxylic acids is 2. The summed E-state index contributed by atoms with van der Waals surface area (Å²) in [6.45, 7) is 3.66. The quantitative estimate of drug-likeness (QED) is 0.821. The molecule has 1 aromatic rings. The normalized spacial score (nSPS) is 10.2. The highest BCUT2D eigenvalue weighted by Crippen LogP contribution is 2.16. The van der Waals surface area contributed by atoms with Gasteiger partial charge in [0.25, 0.3) is 0 Å². The van der Waals surface area contributed by atoms with Gasteiger partial charge in [-0.25, -0.2) is 0 Å². The minimum Gasteiger partial charge on any atom is -0.326 e. The number of nitrogens with one attached hydrogen (secondary N) is 2. The fraction of sp³-hybridized carbons (Fsp3) is 0.385. The van der Waals surface area contributed by atoms with Gasteiger partial charge in [0.2, 0.25) is 11.8 Å². The average molecular weight is 313 g/mol. The highest BCUT2D eigenvalue weighted by atomic mass is 79.9. The number of benzene rings is 1. The number of alkyl halides is 1. The zero-order valence-corrected chi connectivity index (χ0v) is 12.1. The van der Waals surface area contributed by atoms with E-state index in [0.717, 1.165) is 0 Å². The molecule has 1 rings (SSSR count). The van der Waals surface area contributed by atoms with E-state index in [1.165, 1.54) is 0 Å². The highest BCUT2D eigenvalue weighted by molar-refractivity contribution is 9.09. The zero-order chi connectivity index (χ0) is 13.5. The third-order valence-electron chi connectivity index (χ3n) is 2.26. The lowest BCUT2D eigenvalue weighted by Gasteiger charge is -2.10. The molecule has 0 heterocycles. The summed E-state index contributed by atoms with van der Waals surface area (Å²) < 4.78 is 0. The molecule has 18 heavy (non-hydrogen) atoms. The van der Waals surface area contributed by atoms with E-state index in [1.807, 2.05) is 13.8 Å². The molecule has 0 spiro atoms. The van der Waals surface area contributed by atoms with Gasteiger partial charge in [-0.3, -0.25) is 9.59 Å². The Balaban J connectivity index is 2.67. The number of hydrogen-bond donors (Lipinski definition) is 2. The molecule has 5 heteroatoms. The minimum absolute atomic E-state index is 0.0427. The van der Waals surface area contributed by atoms with E-state index < -0.39 is 0 Å². The van der Waals surface area contributed by atoms with Gasteiger partial charge in [-0.1, -0.05) is 35.8 Å². The summed E-state index contributed by atoms with van der Waals surface area (Å²) >= 11 is 3.21. The molecule has 98 valence electrons. The predicted octanol–water partition coefficient (Wildman–Crippen LogP) is 3.00. The van der Waals surface area contributed by atoms with Crippen LogP contribution in [0.2, 0.25) is 0 Å². The van der Waals surface area contributed by atoms with Crippen molar-refractivity contribution in [2.24, 2.45) is 5.92 Å². The summed E-state index contributed by atoms with van der Waals surface area (Å²) in [6.07, 6.45) is 0.419. The molecule has 1 aromatic carbocycles. The zero-order valence-electron chi connectivity index (χ0n) is 10.5. The van der Waals surface area contributed by atoms with Gasteiger partial charge in [-0.2, -0.15) is 0 Å². The molecule has 0 radical (unpaired) electrons.